The Bertz CT molecular complexity index is 1100. The highest BCUT2D eigenvalue weighted by Gasteiger charge is 2.37. The van der Waals surface area contributed by atoms with E-state index >= 15 is 0 Å². The van der Waals surface area contributed by atoms with Gasteiger partial charge in [0.1, 0.15) is 23.4 Å². The molecule has 208 valence electrons. The normalized spacial score (nSPS) is 12.8. The lowest BCUT2D eigenvalue weighted by atomic mass is 10.0. The first kappa shape index (κ1) is 31.3. The lowest BCUT2D eigenvalue weighted by Crippen LogP contribution is -2.53. The van der Waals surface area contributed by atoms with Crippen LogP contribution in [0.1, 0.15) is 44.4 Å². The van der Waals surface area contributed by atoms with Crippen molar-refractivity contribution >= 4 is 47.0 Å². The van der Waals surface area contributed by atoms with Crippen LogP contribution in [0, 0.1) is 6.92 Å². The maximum atomic E-state index is 13.9. The van der Waals surface area contributed by atoms with Gasteiger partial charge in [0, 0.05) is 12.1 Å². The van der Waals surface area contributed by atoms with Gasteiger partial charge in [-0.05, 0) is 63.8 Å². The third-order valence-electron chi connectivity index (χ3n) is 5.49. The van der Waals surface area contributed by atoms with E-state index in [2.05, 4.69) is 10.6 Å². The Morgan fingerprint density at radius 1 is 1.13 bits per heavy atom. The molecule has 0 saturated carbocycles. The fourth-order valence-electron chi connectivity index (χ4n) is 3.77. The molecular formula is C27H36ClN3O6S. The number of alkyl carbamates (subject to hydrolysis) is 1. The molecule has 0 aliphatic rings. The number of hydrogen-bond acceptors (Lipinski definition) is 7. The van der Waals surface area contributed by atoms with Crippen molar-refractivity contribution in [3.05, 3.63) is 58.6 Å². The number of phenolic OH excluding ortho intramolecular Hbond substituents is 1. The maximum Gasteiger partial charge on any atom is 0.408 e. The zero-order valence-corrected chi connectivity index (χ0v) is 23.9. The Balaban J connectivity index is 2.53. The first-order valence-corrected chi connectivity index (χ1v) is 13.9. The number of aromatic hydroxyl groups is 1. The van der Waals surface area contributed by atoms with E-state index < -0.39 is 42.2 Å². The molecule has 0 aromatic heterocycles. The number of benzene rings is 2. The molecule has 2 atom stereocenters. The van der Waals surface area contributed by atoms with Crippen molar-refractivity contribution < 1.29 is 29.3 Å². The van der Waals surface area contributed by atoms with E-state index in [-0.39, 0.29) is 24.3 Å². The Morgan fingerprint density at radius 3 is 2.39 bits per heavy atom. The summed E-state index contributed by atoms with van der Waals surface area (Å²) in [5.41, 5.74) is 0.429. The Kier molecular flexibility index (Phi) is 11.7. The number of rotatable bonds is 11. The number of aliphatic hydroxyl groups is 1. The summed E-state index contributed by atoms with van der Waals surface area (Å²) in [5, 5.41) is 26.2. The highest BCUT2D eigenvalue weighted by Crippen LogP contribution is 2.33. The highest BCUT2D eigenvalue weighted by atomic mass is 35.5. The minimum absolute atomic E-state index is 0.150. The standard InChI is InChI=1S/C27H36ClN3O6S/c1-17-9-8-11-19(28)22(17)30-24(34)23(18-10-6-7-12-21(18)33)31(14-15-32)25(35)20(13-16-38-5)29-26(36)37-27(2,3)4/h6-12,20,23,32-33H,13-16H2,1-5H3,(H,29,36)(H,30,34). The average Bonchev–Trinajstić information content (AvgIpc) is 2.83. The Hall–Kier alpha value is -2.95. The van der Waals surface area contributed by atoms with Gasteiger partial charge in [0.15, 0.2) is 0 Å². The fourth-order valence-corrected chi connectivity index (χ4v) is 4.51. The molecule has 38 heavy (non-hydrogen) atoms. The molecule has 0 bridgehead atoms. The molecule has 4 N–H and O–H groups in total. The Labute approximate surface area is 232 Å². The molecule has 11 heteroatoms. The molecule has 3 amide bonds. The van der Waals surface area contributed by atoms with E-state index in [0.29, 0.717) is 22.0 Å². The molecule has 0 heterocycles. The van der Waals surface area contributed by atoms with Gasteiger partial charge < -0.3 is 30.5 Å². The summed E-state index contributed by atoms with van der Waals surface area (Å²) in [6.07, 6.45) is 1.33. The molecule has 2 unspecified atom stereocenters. The highest BCUT2D eigenvalue weighted by molar-refractivity contribution is 7.98. The molecule has 0 aliphatic heterocycles. The van der Waals surface area contributed by atoms with Crippen LogP contribution in [0.4, 0.5) is 10.5 Å². The second-order valence-electron chi connectivity index (χ2n) is 9.62. The number of para-hydroxylation sites is 2. The molecule has 0 radical (unpaired) electrons. The van der Waals surface area contributed by atoms with E-state index in [1.54, 1.807) is 58.0 Å². The predicted octanol–water partition coefficient (Wildman–Crippen LogP) is 4.50. The zero-order chi connectivity index (χ0) is 28.5. The number of aliphatic hydroxyl groups excluding tert-OH is 1. The van der Waals surface area contributed by atoms with Crippen molar-refractivity contribution in [2.45, 2.75) is 51.8 Å². The van der Waals surface area contributed by atoms with E-state index in [9.17, 15) is 24.6 Å². The van der Waals surface area contributed by atoms with Crippen molar-refractivity contribution in [1.82, 2.24) is 10.2 Å². The second-order valence-corrected chi connectivity index (χ2v) is 11.0. The maximum absolute atomic E-state index is 13.9. The number of phenols is 1. The number of amides is 3. The van der Waals surface area contributed by atoms with Crippen molar-refractivity contribution in [2.75, 3.05) is 30.5 Å². The summed E-state index contributed by atoms with van der Waals surface area (Å²) < 4.78 is 5.34. The Morgan fingerprint density at radius 2 is 1.82 bits per heavy atom. The van der Waals surface area contributed by atoms with E-state index in [4.69, 9.17) is 16.3 Å². The number of nitrogens with one attached hydrogen (secondary N) is 2. The summed E-state index contributed by atoms with van der Waals surface area (Å²) >= 11 is 7.81. The van der Waals surface area contributed by atoms with Gasteiger partial charge in [-0.3, -0.25) is 9.59 Å². The van der Waals surface area contributed by atoms with Gasteiger partial charge in [0.05, 0.1) is 17.3 Å². The molecule has 2 rings (SSSR count). The summed E-state index contributed by atoms with van der Waals surface area (Å²) in [6.45, 7) is 6.20. The van der Waals surface area contributed by atoms with Crippen LogP contribution in [0.15, 0.2) is 42.5 Å². The third-order valence-corrected chi connectivity index (χ3v) is 6.44. The number of aryl methyl sites for hydroxylation is 1. The molecule has 0 fully saturated rings. The van der Waals surface area contributed by atoms with Crippen molar-refractivity contribution in [3.8, 4) is 5.75 Å². The number of carbonyl (C=O) groups excluding carboxylic acids is 3. The summed E-state index contributed by atoms with van der Waals surface area (Å²) in [5.74, 6) is -0.936. The smallest absolute Gasteiger partial charge is 0.408 e. The minimum Gasteiger partial charge on any atom is -0.508 e. The fraction of sp³-hybridized carbons (Fsp3) is 0.444. The van der Waals surface area contributed by atoms with Crippen LogP contribution in [-0.4, -0.2) is 69.8 Å². The monoisotopic (exact) mass is 565 g/mol. The summed E-state index contributed by atoms with van der Waals surface area (Å²) in [7, 11) is 0. The SMILES string of the molecule is CSCCC(NC(=O)OC(C)(C)C)C(=O)N(CCO)C(C(=O)Nc1c(C)cccc1Cl)c1ccccc1O. The van der Waals surface area contributed by atoms with Gasteiger partial charge in [-0.25, -0.2) is 4.79 Å². The van der Waals surface area contributed by atoms with Crippen molar-refractivity contribution in [2.24, 2.45) is 0 Å². The van der Waals surface area contributed by atoms with Crippen LogP contribution in [0.25, 0.3) is 0 Å². The minimum atomic E-state index is -1.34. The molecule has 9 nitrogen and oxygen atoms in total. The quantitative estimate of drug-likeness (QED) is 0.316. The zero-order valence-electron chi connectivity index (χ0n) is 22.3. The van der Waals surface area contributed by atoms with Gasteiger partial charge in [0.2, 0.25) is 5.91 Å². The topological polar surface area (TPSA) is 128 Å². The van der Waals surface area contributed by atoms with Gasteiger partial charge in [-0.15, -0.1) is 0 Å². The molecule has 0 spiro atoms. The number of ether oxygens (including phenoxy) is 1. The largest absolute Gasteiger partial charge is 0.508 e. The number of nitrogens with zero attached hydrogens (tertiary/aromatic N) is 1. The first-order valence-electron chi connectivity index (χ1n) is 12.1. The average molecular weight is 566 g/mol. The second kappa shape index (κ2) is 14.3. The lowest BCUT2D eigenvalue weighted by Gasteiger charge is -2.34. The number of anilines is 1. The van der Waals surface area contributed by atoms with Crippen LogP contribution in [0.3, 0.4) is 0 Å². The van der Waals surface area contributed by atoms with Crippen molar-refractivity contribution in [3.63, 3.8) is 0 Å². The van der Waals surface area contributed by atoms with Gasteiger partial charge in [0.25, 0.3) is 5.91 Å². The number of carbonyl (C=O) groups is 3. The molecule has 0 saturated heterocycles. The van der Waals surface area contributed by atoms with Crippen LogP contribution in [-0.2, 0) is 14.3 Å². The number of thioether (sulfide) groups is 1. The van der Waals surface area contributed by atoms with E-state index in [0.717, 1.165) is 4.90 Å². The van der Waals surface area contributed by atoms with Crippen LogP contribution < -0.4 is 10.6 Å². The summed E-state index contributed by atoms with van der Waals surface area (Å²) in [6, 6.07) is 8.90. The van der Waals surface area contributed by atoms with Crippen LogP contribution in [0.2, 0.25) is 5.02 Å². The van der Waals surface area contributed by atoms with Gasteiger partial charge >= 0.3 is 6.09 Å². The van der Waals surface area contributed by atoms with E-state index in [1.807, 2.05) is 6.26 Å². The number of hydrogen-bond donors (Lipinski definition) is 4. The van der Waals surface area contributed by atoms with Gasteiger partial charge in [-0.1, -0.05) is 41.9 Å². The first-order chi connectivity index (χ1) is 17.9. The lowest BCUT2D eigenvalue weighted by molar-refractivity contribution is -0.141. The van der Waals surface area contributed by atoms with E-state index in [1.165, 1.54) is 23.9 Å². The number of halogens is 1. The molecule has 0 aliphatic carbocycles. The summed E-state index contributed by atoms with van der Waals surface area (Å²) in [4.78, 5) is 41.4. The van der Waals surface area contributed by atoms with Crippen LogP contribution >= 0.6 is 23.4 Å². The third kappa shape index (κ3) is 8.82. The molecule has 2 aromatic rings. The molecular weight excluding hydrogens is 530 g/mol. The van der Waals surface area contributed by atoms with Gasteiger partial charge in [-0.2, -0.15) is 11.8 Å². The van der Waals surface area contributed by atoms with Crippen LogP contribution in [0.5, 0.6) is 5.75 Å². The molecule has 2 aromatic carbocycles. The van der Waals surface area contributed by atoms with Crippen molar-refractivity contribution in [1.29, 1.82) is 0 Å². The predicted molar refractivity (Wildman–Crippen MR) is 151 cm³/mol.